The van der Waals surface area contributed by atoms with Gasteiger partial charge in [0, 0.05) is 19.8 Å². The molecule has 1 aliphatic heterocycles. The molecule has 1 atom stereocenters. The Morgan fingerprint density at radius 1 is 1.36 bits per heavy atom. The minimum Gasteiger partial charge on any atom is -0.332 e. The van der Waals surface area contributed by atoms with Crippen LogP contribution in [0.3, 0.4) is 0 Å². The maximum absolute atomic E-state index is 12.5. The van der Waals surface area contributed by atoms with E-state index >= 15 is 0 Å². The zero-order valence-electron chi connectivity index (χ0n) is 13.1. The lowest BCUT2D eigenvalue weighted by Gasteiger charge is -2.26. The number of likely N-dealkylation sites (tertiary alicyclic amines) is 1. The van der Waals surface area contributed by atoms with Gasteiger partial charge >= 0.3 is 6.03 Å². The highest BCUT2D eigenvalue weighted by atomic mass is 16.2. The van der Waals surface area contributed by atoms with E-state index < -0.39 is 0 Å². The fraction of sp³-hybridized carbons (Fsp3) is 0.412. The van der Waals surface area contributed by atoms with Crippen LogP contribution in [0.25, 0.3) is 0 Å². The summed E-state index contributed by atoms with van der Waals surface area (Å²) < 4.78 is 1.78. The van der Waals surface area contributed by atoms with E-state index in [9.17, 15) is 4.79 Å². The molecule has 5 nitrogen and oxygen atoms in total. The Bertz CT molecular complexity index is 664. The van der Waals surface area contributed by atoms with Crippen LogP contribution >= 0.6 is 0 Å². The first-order chi connectivity index (χ1) is 10.7. The van der Waals surface area contributed by atoms with Gasteiger partial charge in [-0.25, -0.2) is 4.79 Å². The molecule has 1 saturated heterocycles. The summed E-state index contributed by atoms with van der Waals surface area (Å²) in [5.74, 6) is 0. The molecule has 0 saturated carbocycles. The van der Waals surface area contributed by atoms with Gasteiger partial charge in [-0.3, -0.25) is 4.68 Å². The number of amides is 2. The summed E-state index contributed by atoms with van der Waals surface area (Å²) in [6.45, 7) is 3.43. The normalized spacial score (nSPS) is 17.7. The zero-order chi connectivity index (χ0) is 15.5. The monoisotopic (exact) mass is 298 g/mol. The molecular weight excluding hydrogens is 276 g/mol. The van der Waals surface area contributed by atoms with Gasteiger partial charge in [-0.15, -0.1) is 0 Å². The number of hydrogen-bond acceptors (Lipinski definition) is 2. The highest BCUT2D eigenvalue weighted by Crippen LogP contribution is 2.33. The van der Waals surface area contributed by atoms with E-state index in [-0.39, 0.29) is 12.1 Å². The van der Waals surface area contributed by atoms with E-state index in [0.717, 1.165) is 25.1 Å². The quantitative estimate of drug-likeness (QED) is 0.947. The van der Waals surface area contributed by atoms with Gasteiger partial charge in [0.2, 0.25) is 0 Å². The number of aryl methyl sites for hydroxylation is 2. The van der Waals surface area contributed by atoms with Gasteiger partial charge in [0.25, 0.3) is 0 Å². The lowest BCUT2D eigenvalue weighted by molar-refractivity contribution is 0.192. The molecule has 2 heterocycles. The molecule has 0 aliphatic carbocycles. The second kappa shape index (κ2) is 6.22. The molecule has 1 unspecified atom stereocenters. The second-order valence-corrected chi connectivity index (χ2v) is 5.81. The van der Waals surface area contributed by atoms with Gasteiger partial charge in [-0.1, -0.05) is 24.3 Å². The van der Waals surface area contributed by atoms with E-state index in [4.69, 9.17) is 0 Å². The van der Waals surface area contributed by atoms with Crippen LogP contribution in [0.1, 0.15) is 35.7 Å². The highest BCUT2D eigenvalue weighted by Gasteiger charge is 2.30. The third kappa shape index (κ3) is 2.84. The number of aromatic nitrogens is 2. The smallest absolute Gasteiger partial charge is 0.318 e. The molecule has 1 aliphatic rings. The van der Waals surface area contributed by atoms with Crippen LogP contribution in [0.2, 0.25) is 0 Å². The first-order valence-electron chi connectivity index (χ1n) is 7.73. The Kier molecular flexibility index (Phi) is 4.13. The fourth-order valence-corrected chi connectivity index (χ4v) is 3.14. The molecule has 1 fully saturated rings. The number of urea groups is 1. The second-order valence-electron chi connectivity index (χ2n) is 5.81. The Labute approximate surface area is 130 Å². The molecule has 116 valence electrons. The molecule has 3 rings (SSSR count). The molecule has 5 heteroatoms. The summed E-state index contributed by atoms with van der Waals surface area (Å²) >= 11 is 0. The summed E-state index contributed by atoms with van der Waals surface area (Å²) in [5.41, 5.74) is 3.51. The molecule has 22 heavy (non-hydrogen) atoms. The van der Waals surface area contributed by atoms with Crippen LogP contribution in [-0.4, -0.2) is 27.3 Å². The van der Waals surface area contributed by atoms with Crippen molar-refractivity contribution in [2.24, 2.45) is 7.05 Å². The summed E-state index contributed by atoms with van der Waals surface area (Å²) in [6, 6.07) is 10.4. The molecule has 0 spiro atoms. The van der Waals surface area contributed by atoms with Crippen LogP contribution < -0.4 is 5.32 Å². The van der Waals surface area contributed by atoms with Gasteiger partial charge < -0.3 is 10.2 Å². The number of nitrogens with one attached hydrogen (secondary N) is 1. The van der Waals surface area contributed by atoms with Crippen molar-refractivity contribution in [2.75, 3.05) is 6.54 Å². The Morgan fingerprint density at radius 3 is 2.91 bits per heavy atom. The van der Waals surface area contributed by atoms with E-state index in [0.29, 0.717) is 6.54 Å². The lowest BCUT2D eigenvalue weighted by Crippen LogP contribution is -2.39. The molecule has 2 amide bonds. The summed E-state index contributed by atoms with van der Waals surface area (Å²) in [5, 5.41) is 7.13. The van der Waals surface area contributed by atoms with E-state index in [1.165, 1.54) is 11.1 Å². The van der Waals surface area contributed by atoms with Crippen molar-refractivity contribution in [3.05, 3.63) is 53.3 Å². The Morgan fingerprint density at radius 2 is 2.18 bits per heavy atom. The van der Waals surface area contributed by atoms with Crippen molar-refractivity contribution in [3.63, 3.8) is 0 Å². The maximum atomic E-state index is 12.5. The van der Waals surface area contributed by atoms with Gasteiger partial charge in [0.15, 0.2) is 0 Å². The molecule has 0 radical (unpaired) electrons. The van der Waals surface area contributed by atoms with Crippen LogP contribution in [0.4, 0.5) is 4.79 Å². The lowest BCUT2D eigenvalue weighted by atomic mass is 9.99. The van der Waals surface area contributed by atoms with Gasteiger partial charge in [-0.05, 0) is 37.0 Å². The van der Waals surface area contributed by atoms with Crippen molar-refractivity contribution in [1.29, 1.82) is 0 Å². The number of hydrogen-bond donors (Lipinski definition) is 1. The van der Waals surface area contributed by atoms with Crippen molar-refractivity contribution in [2.45, 2.75) is 32.4 Å². The van der Waals surface area contributed by atoms with Crippen LogP contribution in [-0.2, 0) is 13.6 Å². The predicted octanol–water partition coefficient (Wildman–Crippen LogP) is 2.78. The fourth-order valence-electron chi connectivity index (χ4n) is 3.14. The van der Waals surface area contributed by atoms with Crippen LogP contribution in [0.15, 0.2) is 36.5 Å². The number of carbonyl (C=O) groups excluding carboxylic acids is 1. The number of benzene rings is 1. The summed E-state index contributed by atoms with van der Waals surface area (Å²) in [4.78, 5) is 14.5. The standard InChI is InChI=1S/C17H22N4O/c1-13-6-3-4-7-15(13)16-8-5-11-21(16)17(22)18-12-14-9-10-19-20(14)2/h3-4,6-7,9-10,16H,5,8,11-12H2,1-2H3,(H,18,22). The van der Waals surface area contributed by atoms with Gasteiger partial charge in [0.05, 0.1) is 18.3 Å². The van der Waals surface area contributed by atoms with E-state index in [2.05, 4.69) is 29.5 Å². The SMILES string of the molecule is Cc1ccccc1C1CCCN1C(=O)NCc1ccnn1C. The number of rotatable bonds is 3. The highest BCUT2D eigenvalue weighted by molar-refractivity contribution is 5.75. The number of nitrogens with zero attached hydrogens (tertiary/aromatic N) is 3. The average molecular weight is 298 g/mol. The number of carbonyl (C=O) groups is 1. The molecule has 1 aromatic heterocycles. The van der Waals surface area contributed by atoms with Gasteiger partial charge in [-0.2, -0.15) is 5.10 Å². The van der Waals surface area contributed by atoms with Crippen LogP contribution in [0.5, 0.6) is 0 Å². The van der Waals surface area contributed by atoms with E-state index in [1.807, 2.05) is 30.1 Å². The summed E-state index contributed by atoms with van der Waals surface area (Å²) in [6.07, 6.45) is 3.83. The molecule has 1 N–H and O–H groups in total. The first-order valence-corrected chi connectivity index (χ1v) is 7.73. The van der Waals surface area contributed by atoms with Crippen molar-refractivity contribution >= 4 is 6.03 Å². The molecule has 2 aromatic rings. The third-order valence-electron chi connectivity index (χ3n) is 4.40. The van der Waals surface area contributed by atoms with Crippen molar-refractivity contribution in [1.82, 2.24) is 20.0 Å². The predicted molar refractivity (Wildman–Crippen MR) is 85.3 cm³/mol. The molecule has 1 aromatic carbocycles. The van der Waals surface area contributed by atoms with Crippen LogP contribution in [0, 0.1) is 6.92 Å². The first kappa shape index (κ1) is 14.6. The topological polar surface area (TPSA) is 50.2 Å². The Hall–Kier alpha value is -2.30. The summed E-state index contributed by atoms with van der Waals surface area (Å²) in [7, 11) is 1.88. The van der Waals surface area contributed by atoms with Gasteiger partial charge in [0.1, 0.15) is 0 Å². The zero-order valence-corrected chi connectivity index (χ0v) is 13.1. The van der Waals surface area contributed by atoms with E-state index in [1.54, 1.807) is 10.9 Å². The third-order valence-corrected chi connectivity index (χ3v) is 4.40. The van der Waals surface area contributed by atoms with Crippen molar-refractivity contribution in [3.8, 4) is 0 Å². The van der Waals surface area contributed by atoms with Crippen molar-refractivity contribution < 1.29 is 4.79 Å². The largest absolute Gasteiger partial charge is 0.332 e. The molecular formula is C17H22N4O. The maximum Gasteiger partial charge on any atom is 0.318 e. The average Bonchev–Trinajstić information content (AvgIpc) is 3.14. The Balaban J connectivity index is 1.69. The minimum atomic E-state index is 0.00644. The molecule has 0 bridgehead atoms. The minimum absolute atomic E-state index is 0.00644.